The molecule has 5 heteroatoms. The number of anilines is 2. The van der Waals surface area contributed by atoms with E-state index in [1.165, 1.54) is 11.3 Å². The first kappa shape index (κ1) is 13.4. The molecule has 1 unspecified atom stereocenters. The summed E-state index contributed by atoms with van der Waals surface area (Å²) in [6, 6.07) is 1.93. The van der Waals surface area contributed by atoms with Crippen LogP contribution in [0.1, 0.15) is 29.4 Å². The number of carbonyl (C=O) groups is 1. The van der Waals surface area contributed by atoms with E-state index in [-0.39, 0.29) is 5.78 Å². The Morgan fingerprint density at radius 2 is 2.44 bits per heavy atom. The predicted molar refractivity (Wildman–Crippen MR) is 75.5 cm³/mol. The number of ether oxygens (including phenoxy) is 1. The minimum absolute atomic E-state index is 0.136. The second kappa shape index (κ2) is 5.71. The molecule has 0 spiro atoms. The van der Waals surface area contributed by atoms with Crippen LogP contribution in [0.4, 0.5) is 10.7 Å². The number of methoxy groups -OCH3 is 1. The highest BCUT2D eigenvalue weighted by molar-refractivity contribution is 7.18. The molecular formula is C13H20N2O2S. The van der Waals surface area contributed by atoms with Crippen LogP contribution in [0.15, 0.2) is 6.07 Å². The third-order valence-corrected chi connectivity index (χ3v) is 4.57. The molecule has 2 N–H and O–H groups in total. The van der Waals surface area contributed by atoms with Crippen molar-refractivity contribution in [2.24, 2.45) is 5.92 Å². The molecule has 1 atom stereocenters. The van der Waals surface area contributed by atoms with Crippen LogP contribution in [0.2, 0.25) is 0 Å². The molecule has 0 bridgehead atoms. The molecule has 1 aliphatic heterocycles. The van der Waals surface area contributed by atoms with E-state index in [1.807, 2.05) is 13.0 Å². The molecule has 1 aromatic heterocycles. The van der Waals surface area contributed by atoms with Gasteiger partial charge in [0, 0.05) is 32.5 Å². The number of hydrogen-bond acceptors (Lipinski definition) is 5. The van der Waals surface area contributed by atoms with E-state index in [1.54, 1.807) is 7.11 Å². The fourth-order valence-electron chi connectivity index (χ4n) is 2.33. The lowest BCUT2D eigenvalue weighted by atomic mass is 10.1. The summed E-state index contributed by atoms with van der Waals surface area (Å²) >= 11 is 1.52. The Morgan fingerprint density at radius 3 is 3.11 bits per heavy atom. The van der Waals surface area contributed by atoms with Crippen LogP contribution in [-0.4, -0.2) is 32.6 Å². The largest absolute Gasteiger partial charge is 0.397 e. The molecule has 1 aliphatic rings. The van der Waals surface area contributed by atoms with E-state index >= 15 is 0 Å². The smallest absolute Gasteiger partial charge is 0.174 e. The number of thiophene rings is 1. The molecular weight excluding hydrogens is 248 g/mol. The van der Waals surface area contributed by atoms with Gasteiger partial charge in [0.05, 0.1) is 22.2 Å². The monoisotopic (exact) mass is 268 g/mol. The molecule has 0 saturated carbocycles. The SMILES string of the molecule is CCC(=O)c1sc(N2CCC(COC)C2)cc1N. The molecule has 18 heavy (non-hydrogen) atoms. The summed E-state index contributed by atoms with van der Waals surface area (Å²) in [5.74, 6) is 0.722. The number of Topliss-reactive ketones (excluding diaryl/α,β-unsaturated/α-hetero) is 1. The van der Waals surface area contributed by atoms with E-state index < -0.39 is 0 Å². The molecule has 1 saturated heterocycles. The van der Waals surface area contributed by atoms with E-state index in [4.69, 9.17) is 10.5 Å². The van der Waals surface area contributed by atoms with Crippen LogP contribution in [0, 0.1) is 5.92 Å². The summed E-state index contributed by atoms with van der Waals surface area (Å²) < 4.78 is 5.19. The van der Waals surface area contributed by atoms with Gasteiger partial charge in [0.2, 0.25) is 0 Å². The van der Waals surface area contributed by atoms with E-state index in [0.29, 0.717) is 22.9 Å². The first-order valence-electron chi connectivity index (χ1n) is 6.32. The van der Waals surface area contributed by atoms with E-state index in [2.05, 4.69) is 4.90 Å². The first-order chi connectivity index (χ1) is 8.65. The maximum atomic E-state index is 11.7. The number of nitrogens with two attached hydrogens (primary N) is 1. The van der Waals surface area contributed by atoms with Gasteiger partial charge in [-0.2, -0.15) is 0 Å². The van der Waals surface area contributed by atoms with Gasteiger partial charge in [-0.05, 0) is 12.5 Å². The fourth-order valence-corrected chi connectivity index (χ4v) is 3.46. The van der Waals surface area contributed by atoms with Crippen molar-refractivity contribution >= 4 is 27.8 Å². The number of nitrogens with zero attached hydrogens (tertiary/aromatic N) is 1. The van der Waals surface area contributed by atoms with E-state index in [9.17, 15) is 4.79 Å². The van der Waals surface area contributed by atoms with Gasteiger partial charge >= 0.3 is 0 Å². The third kappa shape index (κ3) is 2.67. The summed E-state index contributed by atoms with van der Waals surface area (Å²) in [4.78, 5) is 14.7. The lowest BCUT2D eigenvalue weighted by molar-refractivity contribution is 0.0993. The van der Waals surface area contributed by atoms with Crippen molar-refractivity contribution in [3.8, 4) is 0 Å². The van der Waals surface area contributed by atoms with Crippen LogP contribution in [0.25, 0.3) is 0 Å². The maximum absolute atomic E-state index is 11.7. The molecule has 1 aromatic rings. The summed E-state index contributed by atoms with van der Waals surface area (Å²) in [5.41, 5.74) is 6.54. The van der Waals surface area contributed by atoms with Crippen LogP contribution in [-0.2, 0) is 4.74 Å². The van der Waals surface area contributed by atoms with Crippen molar-refractivity contribution in [2.45, 2.75) is 19.8 Å². The highest BCUT2D eigenvalue weighted by Crippen LogP contribution is 2.35. The molecule has 100 valence electrons. The first-order valence-corrected chi connectivity index (χ1v) is 7.13. The van der Waals surface area contributed by atoms with Crippen molar-refractivity contribution in [1.82, 2.24) is 0 Å². The summed E-state index contributed by atoms with van der Waals surface area (Å²) in [7, 11) is 1.74. The average Bonchev–Trinajstić information content (AvgIpc) is 2.95. The Morgan fingerprint density at radius 1 is 1.67 bits per heavy atom. The Kier molecular flexibility index (Phi) is 4.24. The lowest BCUT2D eigenvalue weighted by Gasteiger charge is -2.15. The fraction of sp³-hybridized carbons (Fsp3) is 0.615. The minimum atomic E-state index is 0.136. The number of rotatable bonds is 5. The number of nitrogen functional groups attached to an aromatic ring is 1. The Hall–Kier alpha value is -1.07. The van der Waals surface area contributed by atoms with Crippen molar-refractivity contribution in [1.29, 1.82) is 0 Å². The quantitative estimate of drug-likeness (QED) is 0.833. The highest BCUT2D eigenvalue weighted by atomic mass is 32.1. The van der Waals surface area contributed by atoms with Crippen molar-refractivity contribution in [3.05, 3.63) is 10.9 Å². The molecule has 4 nitrogen and oxygen atoms in total. The molecule has 0 aromatic carbocycles. The van der Waals surface area contributed by atoms with Gasteiger partial charge < -0.3 is 15.4 Å². The van der Waals surface area contributed by atoms with Crippen molar-refractivity contribution in [2.75, 3.05) is 37.4 Å². The number of ketones is 1. The van der Waals surface area contributed by atoms with Crippen molar-refractivity contribution in [3.63, 3.8) is 0 Å². The lowest BCUT2D eigenvalue weighted by Crippen LogP contribution is -2.19. The summed E-state index contributed by atoms with van der Waals surface area (Å²) in [6.45, 7) is 4.69. The predicted octanol–water partition coefficient (Wildman–Crippen LogP) is 2.40. The second-order valence-electron chi connectivity index (χ2n) is 4.70. The standard InChI is InChI=1S/C13H20N2O2S/c1-3-11(16)13-10(14)6-12(18-13)15-5-4-9(7-15)8-17-2/h6,9H,3-5,7-8,14H2,1-2H3. The molecule has 0 amide bonds. The zero-order valence-electron chi connectivity index (χ0n) is 10.9. The van der Waals surface area contributed by atoms with Gasteiger partial charge in [0.25, 0.3) is 0 Å². The molecule has 0 radical (unpaired) electrons. The Labute approximate surface area is 112 Å². The number of carbonyl (C=O) groups excluding carboxylic acids is 1. The maximum Gasteiger partial charge on any atom is 0.174 e. The highest BCUT2D eigenvalue weighted by Gasteiger charge is 2.25. The van der Waals surface area contributed by atoms with Gasteiger partial charge in [-0.25, -0.2) is 0 Å². The second-order valence-corrected chi connectivity index (χ2v) is 5.73. The van der Waals surface area contributed by atoms with E-state index in [0.717, 1.165) is 31.1 Å². The molecule has 0 aliphatic carbocycles. The Balaban J connectivity index is 2.08. The zero-order valence-corrected chi connectivity index (χ0v) is 11.8. The molecule has 2 heterocycles. The van der Waals surface area contributed by atoms with Crippen LogP contribution in [0.5, 0.6) is 0 Å². The minimum Gasteiger partial charge on any atom is -0.397 e. The third-order valence-electron chi connectivity index (χ3n) is 3.32. The average molecular weight is 268 g/mol. The van der Waals surface area contributed by atoms with Gasteiger partial charge in [0.15, 0.2) is 5.78 Å². The zero-order chi connectivity index (χ0) is 13.1. The van der Waals surface area contributed by atoms with Gasteiger partial charge in [-0.15, -0.1) is 11.3 Å². The topological polar surface area (TPSA) is 55.6 Å². The van der Waals surface area contributed by atoms with Crippen molar-refractivity contribution < 1.29 is 9.53 Å². The number of hydrogen-bond donors (Lipinski definition) is 1. The summed E-state index contributed by atoms with van der Waals surface area (Å²) in [5, 5.41) is 1.11. The van der Waals surface area contributed by atoms with Crippen LogP contribution in [0.3, 0.4) is 0 Å². The summed E-state index contributed by atoms with van der Waals surface area (Å²) in [6.07, 6.45) is 1.65. The van der Waals surface area contributed by atoms with Gasteiger partial charge in [-0.1, -0.05) is 6.92 Å². The van der Waals surface area contributed by atoms with Gasteiger partial charge in [-0.3, -0.25) is 4.79 Å². The molecule has 1 fully saturated rings. The van der Waals surface area contributed by atoms with Gasteiger partial charge in [0.1, 0.15) is 0 Å². The normalized spacial score (nSPS) is 19.4. The Bertz CT molecular complexity index is 431. The molecule has 2 rings (SSSR count). The van der Waals surface area contributed by atoms with Crippen LogP contribution < -0.4 is 10.6 Å². The van der Waals surface area contributed by atoms with Crippen LogP contribution >= 0.6 is 11.3 Å².